The molecule has 0 aromatic carbocycles. The highest BCUT2D eigenvalue weighted by Crippen LogP contribution is 2.27. The van der Waals surface area contributed by atoms with Crippen molar-refractivity contribution < 1.29 is 22.4 Å². The molecule has 0 unspecified atom stereocenters. The van der Waals surface area contributed by atoms with Gasteiger partial charge in [0, 0.05) is 96.0 Å². The predicted molar refractivity (Wildman–Crippen MR) is 517 cm³/mol. The summed E-state index contributed by atoms with van der Waals surface area (Å²) in [6.07, 6.45) is 17.5. The number of ketones is 1. The highest BCUT2D eigenvalue weighted by molar-refractivity contribution is 6.32. The molecule has 11 aromatic heterocycles. The summed E-state index contributed by atoms with van der Waals surface area (Å²) in [4.78, 5) is 56.9. The molecule has 0 N–H and O–H groups in total. The van der Waals surface area contributed by atoms with E-state index in [-0.39, 0.29) is 73.5 Å². The second-order valence-corrected chi connectivity index (χ2v) is 35.0. The summed E-state index contributed by atoms with van der Waals surface area (Å²) < 4.78 is 52.2. The fourth-order valence-corrected chi connectivity index (χ4v) is 12.0. The van der Waals surface area contributed by atoms with Crippen molar-refractivity contribution in [2.24, 2.45) is 0 Å². The summed E-state index contributed by atoms with van der Waals surface area (Å²) in [5.74, 6) is 3.01. The van der Waals surface area contributed by atoms with E-state index in [9.17, 15) is 22.4 Å². The summed E-state index contributed by atoms with van der Waals surface area (Å²) in [6, 6.07) is 28.2. The van der Waals surface area contributed by atoms with E-state index in [1.54, 1.807) is 43.2 Å². The number of aryl methyl sites for hydroxylation is 11. The normalized spacial score (nSPS) is 10.3. The largest absolute Gasteiger partial charge is 0.294 e. The molecule has 0 saturated carbocycles. The van der Waals surface area contributed by atoms with Crippen molar-refractivity contribution in [2.45, 2.75) is 315 Å². The maximum Gasteiger partial charge on any atom is 0.161 e. The van der Waals surface area contributed by atoms with E-state index in [2.05, 4.69) is 208 Å². The van der Waals surface area contributed by atoms with Crippen LogP contribution in [0.3, 0.4) is 0 Å². The zero-order chi connectivity index (χ0) is 93.3. The van der Waals surface area contributed by atoms with Crippen LogP contribution in [0.5, 0.6) is 0 Å². The Morgan fingerprint density at radius 2 is 0.540 bits per heavy atom. The quantitative estimate of drug-likeness (QED) is 0.0833. The molecule has 13 nitrogen and oxygen atoms in total. The monoisotopic (exact) mass is 1760 g/mol. The van der Waals surface area contributed by atoms with Gasteiger partial charge in [0.25, 0.3) is 0 Å². The number of carbonyl (C=O) groups excluding carboxylic acids is 1. The van der Waals surface area contributed by atoms with Gasteiger partial charge in [-0.15, -0.1) is 0 Å². The van der Waals surface area contributed by atoms with E-state index in [4.69, 9.17) is 40.1 Å². The summed E-state index contributed by atoms with van der Waals surface area (Å²) in [6.45, 7) is 68.0. The third-order valence-corrected chi connectivity index (χ3v) is 18.9. The minimum absolute atomic E-state index is 0. The van der Waals surface area contributed by atoms with E-state index >= 15 is 0 Å². The molecule has 0 fully saturated rings. The van der Waals surface area contributed by atoms with Gasteiger partial charge in [0.15, 0.2) is 5.78 Å². The first-order chi connectivity index (χ1) is 56.8. The van der Waals surface area contributed by atoms with E-state index in [0.717, 1.165) is 77.5 Å². The molecule has 20 heteroatoms. The molecule has 676 valence electrons. The van der Waals surface area contributed by atoms with E-state index in [0.29, 0.717) is 74.4 Å². The van der Waals surface area contributed by atoms with Crippen LogP contribution in [0.25, 0.3) is 0 Å². The number of hydrogen-bond acceptors (Lipinski definition) is 13. The lowest BCUT2D eigenvalue weighted by Crippen LogP contribution is -1.98. The Hall–Kier alpha value is -9.60. The number of hydrogen-bond donors (Lipinski definition) is 0. The van der Waals surface area contributed by atoms with Gasteiger partial charge in [-0.25, -0.2) is 17.6 Å². The molecule has 0 spiro atoms. The standard InChI is InChI=1S/C10H12ClNO.C10H12N2.C10H15N.2C9H12ClN.4C9H12FN.2C9H13N.2CH4/c1-6(2)10-9(11)4-8(5-12-10)7(3)13;1-7(2)10-8(3)4-9(5-11)6-12-10;1-7(2)10-6-5-8(3)9(4)11-10;6*1-6(2)9-8(10)4-7(3)5-11-9;2*1-7(2)9-5-4-8(3)6-10-9;;/h4-6H,1-3H3;4,6-7H,1-3H3;5-7H,1-4H3;6*4-6H,1-3H3;2*4-7H,1-3H3;2*1H4. The van der Waals surface area contributed by atoms with Crippen molar-refractivity contribution in [3.8, 4) is 6.07 Å². The molecule has 124 heavy (non-hydrogen) atoms. The van der Waals surface area contributed by atoms with Gasteiger partial charge < -0.3 is 0 Å². The summed E-state index contributed by atoms with van der Waals surface area (Å²) in [5.41, 5.74) is 22.5. The maximum atomic E-state index is 13.0. The second kappa shape index (κ2) is 59.3. The highest BCUT2D eigenvalue weighted by atomic mass is 35.5. The van der Waals surface area contributed by atoms with E-state index in [1.807, 2.05) is 161 Å². The lowest BCUT2D eigenvalue weighted by Gasteiger charge is -2.07. The number of nitriles is 1. The second-order valence-electron chi connectivity index (χ2n) is 33.8. The van der Waals surface area contributed by atoms with Gasteiger partial charge >= 0.3 is 0 Å². The zero-order valence-corrected chi connectivity index (χ0v) is 81.4. The van der Waals surface area contributed by atoms with E-state index < -0.39 is 0 Å². The van der Waals surface area contributed by atoms with Gasteiger partial charge in [0.05, 0.1) is 60.5 Å². The Morgan fingerprint density at radius 3 is 0.758 bits per heavy atom. The summed E-state index contributed by atoms with van der Waals surface area (Å²) in [7, 11) is 0. The van der Waals surface area contributed by atoms with Crippen molar-refractivity contribution in [3.05, 3.63) is 320 Å². The molecule has 0 aliphatic rings. The van der Waals surface area contributed by atoms with Crippen LogP contribution in [0.15, 0.2) is 147 Å². The number of aromatic nitrogens is 11. The number of Topliss-reactive ketones (excluding diaryl/α,β-unsaturated/α-hetero) is 1. The van der Waals surface area contributed by atoms with Crippen LogP contribution in [-0.2, 0) is 0 Å². The Labute approximate surface area is 759 Å². The molecule has 11 heterocycles. The number of rotatable bonds is 12. The molecule has 0 aliphatic heterocycles. The van der Waals surface area contributed by atoms with Crippen LogP contribution in [0.1, 0.15) is 379 Å². The summed E-state index contributed by atoms with van der Waals surface area (Å²) >= 11 is 17.9. The molecular formula is C104H145Cl3F4N12O. The third-order valence-electron chi connectivity index (χ3n) is 18.0. The van der Waals surface area contributed by atoms with Crippen LogP contribution in [-0.4, -0.2) is 60.6 Å². The van der Waals surface area contributed by atoms with Crippen molar-refractivity contribution in [1.82, 2.24) is 54.8 Å². The lowest BCUT2D eigenvalue weighted by atomic mass is 10.0. The number of pyridine rings is 11. The molecule has 0 saturated heterocycles. The number of halogens is 7. The van der Waals surface area contributed by atoms with Gasteiger partial charge in [-0.2, -0.15) is 5.26 Å². The molecular weight excluding hydrogens is 1620 g/mol. The third kappa shape index (κ3) is 44.3. The van der Waals surface area contributed by atoms with Gasteiger partial charge in [-0.1, -0.05) is 220 Å². The van der Waals surface area contributed by atoms with Crippen LogP contribution >= 0.6 is 34.8 Å². The van der Waals surface area contributed by atoms with Crippen molar-refractivity contribution >= 4 is 40.6 Å². The fraction of sp³-hybridized carbons (Fsp3) is 0.452. The maximum absolute atomic E-state index is 13.0. The van der Waals surface area contributed by atoms with Crippen molar-refractivity contribution in [2.75, 3.05) is 0 Å². The Kier molecular flexibility index (Phi) is 55.7. The average molecular weight is 1760 g/mol. The number of carbonyl (C=O) groups is 1. The van der Waals surface area contributed by atoms with Gasteiger partial charge in [-0.05, 0) is 271 Å². The smallest absolute Gasteiger partial charge is 0.161 e. The van der Waals surface area contributed by atoms with Gasteiger partial charge in [-0.3, -0.25) is 59.6 Å². The van der Waals surface area contributed by atoms with Crippen LogP contribution in [0, 0.1) is 111 Å². The molecule has 0 atom stereocenters. The summed E-state index contributed by atoms with van der Waals surface area (Å²) in [5, 5.41) is 10.7. The van der Waals surface area contributed by atoms with Crippen LogP contribution < -0.4 is 0 Å². The molecule has 0 radical (unpaired) electrons. The lowest BCUT2D eigenvalue weighted by molar-refractivity contribution is 0.101. The van der Waals surface area contributed by atoms with Crippen molar-refractivity contribution in [3.63, 3.8) is 0 Å². The van der Waals surface area contributed by atoms with Crippen LogP contribution in [0.2, 0.25) is 15.1 Å². The molecule has 0 aliphatic carbocycles. The topological polar surface area (TPSA) is 183 Å². The molecule has 0 bridgehead atoms. The fourth-order valence-electron chi connectivity index (χ4n) is 10.7. The van der Waals surface area contributed by atoms with E-state index in [1.165, 1.54) is 65.0 Å². The molecule has 11 aromatic rings. The first kappa shape index (κ1) is 116. The number of nitrogens with zero attached hydrogens (tertiary/aromatic N) is 12. The molecule has 0 amide bonds. The van der Waals surface area contributed by atoms with Gasteiger partial charge in [0.1, 0.15) is 29.3 Å². The Bertz CT molecular complexity index is 4520. The zero-order valence-electron chi connectivity index (χ0n) is 79.1. The Balaban J connectivity index is 0. The highest BCUT2D eigenvalue weighted by Gasteiger charge is 2.14. The van der Waals surface area contributed by atoms with Gasteiger partial charge in [0.2, 0.25) is 0 Å². The van der Waals surface area contributed by atoms with Crippen molar-refractivity contribution in [1.29, 1.82) is 5.26 Å². The predicted octanol–water partition coefficient (Wildman–Crippen LogP) is 31.5. The first-order valence-electron chi connectivity index (χ1n) is 41.9. The SMILES string of the molecule is C.C.CC(=O)c1cnc(C(C)C)c(Cl)c1.Cc1cc(C#N)cnc1C(C)C.Cc1ccc(C(C)C)nc1.Cc1ccc(C(C)C)nc1.Cc1ccc(C(C)C)nc1C.Cc1cnc(C(C)C)c(Cl)c1.Cc1cnc(C(C)C)c(Cl)c1.Cc1cnc(C(C)C)c(F)c1.Cc1cnc(C(C)C)c(F)c1.Cc1cnc(C(C)C)c(F)c1.Cc1cnc(C(C)C)c(F)c1. The minimum atomic E-state index is -0.194. The Morgan fingerprint density at radius 1 is 0.290 bits per heavy atom. The average Bonchev–Trinajstić information content (AvgIpc) is 0.801. The minimum Gasteiger partial charge on any atom is -0.294 e. The first-order valence-corrected chi connectivity index (χ1v) is 43.0. The molecule has 11 rings (SSSR count). The van der Waals surface area contributed by atoms with Crippen LogP contribution in [0.4, 0.5) is 17.6 Å².